The van der Waals surface area contributed by atoms with Crippen molar-refractivity contribution in [2.75, 3.05) is 6.54 Å². The number of aromatic nitrogens is 2. The number of nitrogens with zero attached hydrogens (tertiary/aromatic N) is 1. The fourth-order valence-corrected chi connectivity index (χ4v) is 2.46. The van der Waals surface area contributed by atoms with Crippen molar-refractivity contribution in [2.24, 2.45) is 7.05 Å². The van der Waals surface area contributed by atoms with Crippen LogP contribution >= 0.6 is 0 Å². The highest BCUT2D eigenvalue weighted by Crippen LogP contribution is 2.17. The monoisotopic (exact) mass is 323 g/mol. The molecule has 2 N–H and O–H groups in total. The topological polar surface area (TPSA) is 32.8 Å². The van der Waals surface area contributed by atoms with Gasteiger partial charge in [0, 0.05) is 42.6 Å². The quantitative estimate of drug-likeness (QED) is 0.478. The Labute approximate surface area is 137 Å². The summed E-state index contributed by atoms with van der Waals surface area (Å²) in [6.45, 7) is 1.92. The number of aromatic amines is 1. The number of hydrogen-bond donors (Lipinski definition) is 2. The molecular weight excluding hydrogens is 305 g/mol. The molecule has 3 rings (SSSR count). The molecule has 2 aromatic heterocycles. The molecule has 0 fully saturated rings. The van der Waals surface area contributed by atoms with Crippen LogP contribution in [0.1, 0.15) is 11.3 Å². The molecule has 0 atom stereocenters. The van der Waals surface area contributed by atoms with Gasteiger partial charge in [-0.15, -0.1) is 0 Å². The Kier molecular flexibility index (Phi) is 6.82. The van der Waals surface area contributed by atoms with Gasteiger partial charge in [-0.1, -0.05) is 18.2 Å². The van der Waals surface area contributed by atoms with Crippen LogP contribution in [-0.2, 0) is 20.0 Å². The first-order chi connectivity index (χ1) is 9.34. The smallest absolute Gasteiger partial charge is 0.0456 e. The second-order valence-electron chi connectivity index (χ2n) is 4.90. The molecule has 0 radical (unpaired) electrons. The summed E-state index contributed by atoms with van der Waals surface area (Å²) in [6, 6.07) is 12.7. The van der Waals surface area contributed by atoms with Crippen molar-refractivity contribution in [2.45, 2.75) is 13.0 Å². The minimum atomic E-state index is 0. The summed E-state index contributed by atoms with van der Waals surface area (Å²) in [6.07, 6.45) is 5.25. The van der Waals surface area contributed by atoms with Crippen LogP contribution < -0.4 is 30.1 Å². The van der Waals surface area contributed by atoms with Crippen LogP contribution in [-0.4, -0.2) is 16.1 Å². The van der Waals surface area contributed by atoms with Gasteiger partial charge < -0.3 is 39.7 Å². The van der Waals surface area contributed by atoms with E-state index in [1.807, 2.05) is 0 Å². The van der Waals surface area contributed by atoms with Gasteiger partial charge in [0.25, 0.3) is 0 Å². The summed E-state index contributed by atoms with van der Waals surface area (Å²) in [5, 5.41) is 4.83. The predicted molar refractivity (Wildman–Crippen MR) is 79.1 cm³/mol. The third kappa shape index (κ3) is 4.03. The number of hydrogen-bond acceptors (Lipinski definition) is 1. The third-order valence-corrected chi connectivity index (χ3v) is 3.60. The maximum Gasteiger partial charge on any atom is 0.0456 e. The van der Waals surface area contributed by atoms with Gasteiger partial charge in [-0.25, -0.2) is 0 Å². The van der Waals surface area contributed by atoms with Crippen molar-refractivity contribution in [3.05, 3.63) is 60.0 Å². The summed E-state index contributed by atoms with van der Waals surface area (Å²) < 4.78 is 2.15. The van der Waals surface area contributed by atoms with Gasteiger partial charge in [-0.3, -0.25) is 0 Å². The summed E-state index contributed by atoms with van der Waals surface area (Å²) in [5.74, 6) is 0. The van der Waals surface area contributed by atoms with E-state index in [0.717, 1.165) is 19.5 Å². The molecule has 21 heavy (non-hydrogen) atoms. The highest BCUT2D eigenvalue weighted by atomic mass is 35.5. The van der Waals surface area contributed by atoms with Gasteiger partial charge in [-0.2, -0.15) is 0 Å². The molecule has 0 aliphatic carbocycles. The van der Waals surface area contributed by atoms with Gasteiger partial charge in [0.2, 0.25) is 0 Å². The number of nitrogens with one attached hydrogen (secondary N) is 2. The SMILES string of the molecule is Cn1cccc1CNCCc1c[nH]c2ccccc12.[Cl-].[Cl-]. The Balaban J connectivity index is 0.00000110. The summed E-state index contributed by atoms with van der Waals surface area (Å²) in [7, 11) is 2.08. The second-order valence-corrected chi connectivity index (χ2v) is 4.90. The van der Waals surface area contributed by atoms with Gasteiger partial charge in [0.1, 0.15) is 0 Å². The molecule has 0 amide bonds. The van der Waals surface area contributed by atoms with Crippen LogP contribution in [0.5, 0.6) is 0 Å². The van der Waals surface area contributed by atoms with E-state index in [4.69, 9.17) is 0 Å². The number of fused-ring (bicyclic) bond motifs is 1. The summed E-state index contributed by atoms with van der Waals surface area (Å²) in [5.41, 5.74) is 3.92. The largest absolute Gasteiger partial charge is 1.00 e. The molecule has 114 valence electrons. The van der Waals surface area contributed by atoms with Crippen molar-refractivity contribution < 1.29 is 24.8 Å². The average Bonchev–Trinajstić information content (AvgIpc) is 3.02. The zero-order chi connectivity index (χ0) is 13.1. The molecule has 0 aliphatic rings. The lowest BCUT2D eigenvalue weighted by atomic mass is 10.1. The van der Waals surface area contributed by atoms with E-state index >= 15 is 0 Å². The predicted octanol–water partition coefficient (Wildman–Crippen LogP) is -3.15. The first-order valence-electron chi connectivity index (χ1n) is 6.70. The molecule has 2 heterocycles. The fraction of sp³-hybridized carbons (Fsp3) is 0.250. The van der Waals surface area contributed by atoms with Gasteiger partial charge in [0.15, 0.2) is 0 Å². The van der Waals surface area contributed by atoms with Crippen LogP contribution in [0.3, 0.4) is 0 Å². The van der Waals surface area contributed by atoms with Gasteiger partial charge in [-0.05, 0) is 36.7 Å². The molecule has 0 bridgehead atoms. The van der Waals surface area contributed by atoms with Crippen molar-refractivity contribution in [1.29, 1.82) is 0 Å². The first kappa shape index (κ1) is 17.6. The molecule has 5 heteroatoms. The summed E-state index contributed by atoms with van der Waals surface area (Å²) >= 11 is 0. The third-order valence-electron chi connectivity index (χ3n) is 3.60. The molecule has 0 saturated carbocycles. The maximum atomic E-state index is 3.50. The van der Waals surface area contributed by atoms with E-state index in [9.17, 15) is 0 Å². The van der Waals surface area contributed by atoms with Crippen molar-refractivity contribution in [3.8, 4) is 0 Å². The maximum absolute atomic E-state index is 3.50. The second kappa shape index (κ2) is 8.13. The van der Waals surface area contributed by atoms with Gasteiger partial charge >= 0.3 is 0 Å². The molecule has 0 aliphatic heterocycles. The minimum Gasteiger partial charge on any atom is -1.00 e. The lowest BCUT2D eigenvalue weighted by Crippen LogP contribution is -3.00. The lowest BCUT2D eigenvalue weighted by Gasteiger charge is -2.05. The van der Waals surface area contributed by atoms with E-state index in [2.05, 4.69) is 70.7 Å². The van der Waals surface area contributed by atoms with Crippen LogP contribution in [0.4, 0.5) is 0 Å². The molecule has 0 saturated heterocycles. The van der Waals surface area contributed by atoms with E-state index < -0.39 is 0 Å². The van der Waals surface area contributed by atoms with E-state index in [1.165, 1.54) is 22.2 Å². The van der Waals surface area contributed by atoms with Crippen LogP contribution in [0.2, 0.25) is 0 Å². The first-order valence-corrected chi connectivity index (χ1v) is 6.70. The van der Waals surface area contributed by atoms with Gasteiger partial charge in [0.05, 0.1) is 0 Å². The van der Waals surface area contributed by atoms with Crippen LogP contribution in [0.15, 0.2) is 48.8 Å². The number of aryl methyl sites for hydroxylation is 1. The fourth-order valence-electron chi connectivity index (χ4n) is 2.46. The van der Waals surface area contributed by atoms with E-state index in [1.54, 1.807) is 0 Å². The normalized spacial score (nSPS) is 10.1. The number of rotatable bonds is 5. The zero-order valence-electron chi connectivity index (χ0n) is 11.9. The van der Waals surface area contributed by atoms with Crippen LogP contribution in [0, 0.1) is 0 Å². The number of benzene rings is 1. The summed E-state index contributed by atoms with van der Waals surface area (Å²) in [4.78, 5) is 3.32. The van der Waals surface area contributed by atoms with Crippen LogP contribution in [0.25, 0.3) is 10.9 Å². The Morgan fingerprint density at radius 1 is 1.10 bits per heavy atom. The standard InChI is InChI=1S/C16H19N3.2ClH/c1-19-10-4-5-14(19)12-17-9-8-13-11-18-16-7-3-2-6-15(13)16;;/h2-7,10-11,17-18H,8-9,12H2,1H3;2*1H/p-2. The molecule has 3 nitrogen and oxygen atoms in total. The van der Waals surface area contributed by atoms with Crippen molar-refractivity contribution >= 4 is 10.9 Å². The number of para-hydroxylation sites is 1. The Bertz CT molecular complexity index is 673. The lowest BCUT2D eigenvalue weighted by molar-refractivity contribution is -0.00100. The highest BCUT2D eigenvalue weighted by Gasteiger charge is 2.02. The minimum absolute atomic E-state index is 0. The Hall–Kier alpha value is -1.42. The zero-order valence-corrected chi connectivity index (χ0v) is 13.5. The molecule has 0 spiro atoms. The van der Waals surface area contributed by atoms with Crippen molar-refractivity contribution in [3.63, 3.8) is 0 Å². The Morgan fingerprint density at radius 2 is 1.90 bits per heavy atom. The molecule has 0 unspecified atom stereocenters. The molecule has 1 aromatic carbocycles. The number of halogens is 2. The number of H-pyrrole nitrogens is 1. The molecular formula is C16H19Cl2N3-2. The van der Waals surface area contributed by atoms with Crippen molar-refractivity contribution in [1.82, 2.24) is 14.9 Å². The Morgan fingerprint density at radius 3 is 2.67 bits per heavy atom. The average molecular weight is 324 g/mol. The highest BCUT2D eigenvalue weighted by molar-refractivity contribution is 5.83. The molecule has 3 aromatic rings. The van der Waals surface area contributed by atoms with E-state index in [0.29, 0.717) is 0 Å². The van der Waals surface area contributed by atoms with E-state index in [-0.39, 0.29) is 24.8 Å².